The molecule has 1 aromatic heterocycles. The van der Waals surface area contributed by atoms with Crippen LogP contribution in [0.1, 0.15) is 28.8 Å². The van der Waals surface area contributed by atoms with E-state index in [0.717, 1.165) is 42.6 Å². The summed E-state index contributed by atoms with van der Waals surface area (Å²) in [5.41, 5.74) is 2.78. The van der Waals surface area contributed by atoms with Crippen molar-refractivity contribution in [2.45, 2.75) is 19.3 Å². The molecular formula is C22H23N3O4. The van der Waals surface area contributed by atoms with Crippen LogP contribution in [-0.2, 0) is 11.2 Å². The average Bonchev–Trinajstić information content (AvgIpc) is 3.18. The Hall–Kier alpha value is -3.35. The zero-order chi connectivity index (χ0) is 20.2. The number of oxazole rings is 1. The van der Waals surface area contributed by atoms with E-state index in [1.165, 1.54) is 0 Å². The summed E-state index contributed by atoms with van der Waals surface area (Å²) in [6.45, 7) is 1.95. The molecule has 7 heteroatoms. The number of nitrogens with zero attached hydrogens (tertiary/aromatic N) is 2. The van der Waals surface area contributed by atoms with Gasteiger partial charge in [-0.15, -0.1) is 0 Å². The number of fused-ring (bicyclic) bond motifs is 1. The number of rotatable bonds is 6. The molecule has 1 aliphatic rings. The van der Waals surface area contributed by atoms with Crippen molar-refractivity contribution in [1.29, 1.82) is 0 Å². The molecule has 0 atom stereocenters. The van der Waals surface area contributed by atoms with Crippen molar-refractivity contribution in [2.24, 2.45) is 5.92 Å². The van der Waals surface area contributed by atoms with Crippen LogP contribution in [0.2, 0.25) is 0 Å². The van der Waals surface area contributed by atoms with E-state index < -0.39 is 5.97 Å². The summed E-state index contributed by atoms with van der Waals surface area (Å²) in [7, 11) is 0. The van der Waals surface area contributed by atoms with Crippen molar-refractivity contribution in [1.82, 2.24) is 10.3 Å². The highest BCUT2D eigenvalue weighted by molar-refractivity contribution is 5.87. The van der Waals surface area contributed by atoms with Gasteiger partial charge in [0.15, 0.2) is 5.58 Å². The number of anilines is 1. The number of aromatic carboxylic acids is 1. The molecule has 0 spiro atoms. The van der Waals surface area contributed by atoms with Gasteiger partial charge in [-0.1, -0.05) is 24.3 Å². The molecule has 1 amide bonds. The lowest BCUT2D eigenvalue weighted by atomic mass is 9.96. The topological polar surface area (TPSA) is 95.7 Å². The SMILES string of the molecule is O=C(O)c1cccc(CCNC(=O)C2CCN(c3nc4ccccc4o3)CC2)c1. The van der Waals surface area contributed by atoms with E-state index in [0.29, 0.717) is 19.0 Å². The summed E-state index contributed by atoms with van der Waals surface area (Å²) < 4.78 is 5.82. The van der Waals surface area contributed by atoms with Crippen LogP contribution in [-0.4, -0.2) is 41.6 Å². The second-order valence-corrected chi connectivity index (χ2v) is 7.27. The summed E-state index contributed by atoms with van der Waals surface area (Å²) in [5, 5.41) is 12.0. The molecule has 2 N–H and O–H groups in total. The lowest BCUT2D eigenvalue weighted by molar-refractivity contribution is -0.125. The number of benzene rings is 2. The van der Waals surface area contributed by atoms with E-state index in [9.17, 15) is 9.59 Å². The van der Waals surface area contributed by atoms with Gasteiger partial charge in [-0.05, 0) is 49.1 Å². The molecule has 1 fully saturated rings. The van der Waals surface area contributed by atoms with Crippen LogP contribution < -0.4 is 10.2 Å². The molecule has 2 heterocycles. The van der Waals surface area contributed by atoms with Crippen molar-refractivity contribution < 1.29 is 19.1 Å². The Morgan fingerprint density at radius 1 is 1.14 bits per heavy atom. The number of piperidine rings is 1. The molecule has 4 rings (SSSR count). The zero-order valence-corrected chi connectivity index (χ0v) is 16.0. The fourth-order valence-corrected chi connectivity index (χ4v) is 3.66. The van der Waals surface area contributed by atoms with E-state index in [2.05, 4.69) is 15.2 Å². The molecule has 1 saturated heterocycles. The van der Waals surface area contributed by atoms with Crippen molar-refractivity contribution in [3.63, 3.8) is 0 Å². The molecule has 3 aromatic rings. The minimum Gasteiger partial charge on any atom is -0.478 e. The number of carboxylic acid groups (broad SMARTS) is 1. The zero-order valence-electron chi connectivity index (χ0n) is 16.0. The summed E-state index contributed by atoms with van der Waals surface area (Å²) in [5.74, 6) is -0.917. The van der Waals surface area contributed by atoms with Gasteiger partial charge >= 0.3 is 5.97 Å². The number of hydrogen-bond acceptors (Lipinski definition) is 5. The van der Waals surface area contributed by atoms with Gasteiger partial charge in [-0.25, -0.2) is 4.79 Å². The minimum absolute atomic E-state index is 0.0269. The van der Waals surface area contributed by atoms with Gasteiger partial charge in [0.05, 0.1) is 5.56 Å². The quantitative estimate of drug-likeness (QED) is 0.668. The maximum atomic E-state index is 12.5. The van der Waals surface area contributed by atoms with Gasteiger partial charge in [0.1, 0.15) is 5.52 Å². The highest BCUT2D eigenvalue weighted by Crippen LogP contribution is 2.26. The van der Waals surface area contributed by atoms with Crippen LogP contribution in [0, 0.1) is 5.92 Å². The van der Waals surface area contributed by atoms with E-state index in [1.807, 2.05) is 30.3 Å². The number of carbonyl (C=O) groups is 2. The van der Waals surface area contributed by atoms with Crippen molar-refractivity contribution in [3.8, 4) is 0 Å². The highest BCUT2D eigenvalue weighted by Gasteiger charge is 2.27. The van der Waals surface area contributed by atoms with Crippen molar-refractivity contribution in [3.05, 3.63) is 59.7 Å². The Balaban J connectivity index is 1.26. The fourth-order valence-electron chi connectivity index (χ4n) is 3.66. The molecule has 0 bridgehead atoms. The van der Waals surface area contributed by atoms with Gasteiger partial charge in [0, 0.05) is 25.6 Å². The first-order valence-corrected chi connectivity index (χ1v) is 9.80. The van der Waals surface area contributed by atoms with Crippen LogP contribution in [0.3, 0.4) is 0 Å². The number of nitrogens with one attached hydrogen (secondary N) is 1. The maximum Gasteiger partial charge on any atom is 0.335 e. The third-order valence-corrected chi connectivity index (χ3v) is 5.31. The predicted octanol–water partition coefficient (Wildman–Crippen LogP) is 3.10. The number of carboxylic acids is 1. The van der Waals surface area contributed by atoms with Crippen LogP contribution in [0.25, 0.3) is 11.1 Å². The first-order valence-electron chi connectivity index (χ1n) is 9.80. The van der Waals surface area contributed by atoms with E-state index >= 15 is 0 Å². The second-order valence-electron chi connectivity index (χ2n) is 7.27. The summed E-state index contributed by atoms with van der Waals surface area (Å²) in [6, 6.07) is 15.1. The van der Waals surface area contributed by atoms with Crippen molar-refractivity contribution >= 4 is 29.0 Å². The van der Waals surface area contributed by atoms with Crippen LogP contribution in [0.5, 0.6) is 0 Å². The first-order chi connectivity index (χ1) is 14.1. The molecule has 7 nitrogen and oxygen atoms in total. The number of aromatic nitrogens is 1. The maximum absolute atomic E-state index is 12.5. The summed E-state index contributed by atoms with van der Waals surface area (Å²) in [4.78, 5) is 30.1. The fraction of sp³-hybridized carbons (Fsp3) is 0.318. The summed E-state index contributed by atoms with van der Waals surface area (Å²) >= 11 is 0. The first kappa shape index (κ1) is 19.0. The molecular weight excluding hydrogens is 370 g/mol. The molecule has 2 aromatic carbocycles. The van der Waals surface area contributed by atoms with Gasteiger partial charge in [-0.2, -0.15) is 4.98 Å². The molecule has 0 saturated carbocycles. The normalized spacial score (nSPS) is 14.8. The van der Waals surface area contributed by atoms with Gasteiger partial charge in [0.25, 0.3) is 6.01 Å². The molecule has 29 heavy (non-hydrogen) atoms. The molecule has 0 unspecified atom stereocenters. The minimum atomic E-state index is -0.943. The van der Waals surface area contributed by atoms with E-state index in [1.54, 1.807) is 18.2 Å². The lowest BCUT2D eigenvalue weighted by Gasteiger charge is -2.30. The Kier molecular flexibility index (Phi) is 5.46. The standard InChI is InChI=1S/C22H23N3O4/c26-20(23-11-8-15-4-3-5-17(14-15)21(27)28)16-9-12-25(13-10-16)22-24-18-6-1-2-7-19(18)29-22/h1-7,14,16H,8-13H2,(H,23,26)(H,27,28). The number of hydrogen-bond donors (Lipinski definition) is 2. The smallest absolute Gasteiger partial charge is 0.335 e. The van der Waals surface area contributed by atoms with Crippen LogP contribution in [0.15, 0.2) is 52.9 Å². The molecule has 1 aliphatic heterocycles. The number of carbonyl (C=O) groups excluding carboxylic acids is 1. The second kappa shape index (κ2) is 8.34. The van der Waals surface area contributed by atoms with Crippen LogP contribution >= 0.6 is 0 Å². The third kappa shape index (κ3) is 4.39. The Morgan fingerprint density at radius 2 is 1.93 bits per heavy atom. The Bertz CT molecular complexity index is 989. The van der Waals surface area contributed by atoms with E-state index in [-0.39, 0.29) is 17.4 Å². The van der Waals surface area contributed by atoms with Crippen LogP contribution in [0.4, 0.5) is 6.01 Å². The third-order valence-electron chi connectivity index (χ3n) is 5.31. The number of amides is 1. The molecule has 0 radical (unpaired) electrons. The van der Waals surface area contributed by atoms with Gasteiger partial charge in [0.2, 0.25) is 5.91 Å². The Morgan fingerprint density at radius 3 is 2.69 bits per heavy atom. The molecule has 0 aliphatic carbocycles. The predicted molar refractivity (Wildman–Crippen MR) is 109 cm³/mol. The van der Waals surface area contributed by atoms with Crippen molar-refractivity contribution in [2.75, 3.05) is 24.5 Å². The highest BCUT2D eigenvalue weighted by atomic mass is 16.4. The average molecular weight is 393 g/mol. The summed E-state index contributed by atoms with van der Waals surface area (Å²) in [6.07, 6.45) is 2.10. The largest absolute Gasteiger partial charge is 0.478 e. The van der Waals surface area contributed by atoms with Gasteiger partial charge in [-0.3, -0.25) is 4.79 Å². The van der Waals surface area contributed by atoms with E-state index in [4.69, 9.17) is 9.52 Å². The van der Waals surface area contributed by atoms with Gasteiger partial charge < -0.3 is 19.7 Å². The monoisotopic (exact) mass is 393 g/mol. The molecule has 150 valence electrons. The Labute approximate surface area is 168 Å². The number of para-hydroxylation sites is 2. The lowest BCUT2D eigenvalue weighted by Crippen LogP contribution is -2.41.